The molecule has 0 aromatic carbocycles. The van der Waals surface area contributed by atoms with Crippen molar-refractivity contribution in [3.05, 3.63) is 0 Å². The first-order valence-electron chi connectivity index (χ1n) is 6.62. The molecule has 1 aliphatic heterocycles. The van der Waals surface area contributed by atoms with E-state index in [1.54, 1.807) is 20.8 Å². The SMILES string of the molecule is C[C@H](NS(=O)(=O)N1CCCCC1)C(=O)OC(C)(C)C. The maximum Gasteiger partial charge on any atom is 0.324 e. The highest BCUT2D eigenvalue weighted by Crippen LogP contribution is 2.13. The molecule has 0 spiro atoms. The van der Waals surface area contributed by atoms with E-state index in [-0.39, 0.29) is 0 Å². The van der Waals surface area contributed by atoms with Crippen LogP contribution >= 0.6 is 0 Å². The van der Waals surface area contributed by atoms with E-state index in [2.05, 4.69) is 4.72 Å². The lowest BCUT2D eigenvalue weighted by molar-refractivity contribution is -0.156. The van der Waals surface area contributed by atoms with Crippen molar-refractivity contribution in [2.75, 3.05) is 13.1 Å². The van der Waals surface area contributed by atoms with Crippen LogP contribution in [0.3, 0.4) is 0 Å². The van der Waals surface area contributed by atoms with Gasteiger partial charge in [0, 0.05) is 13.1 Å². The van der Waals surface area contributed by atoms with Crippen LogP contribution in [0.2, 0.25) is 0 Å². The minimum Gasteiger partial charge on any atom is -0.459 e. The quantitative estimate of drug-likeness (QED) is 0.785. The van der Waals surface area contributed by atoms with Gasteiger partial charge in [-0.1, -0.05) is 6.42 Å². The van der Waals surface area contributed by atoms with Crippen molar-refractivity contribution in [3.8, 4) is 0 Å². The van der Waals surface area contributed by atoms with Gasteiger partial charge < -0.3 is 4.74 Å². The normalized spacial score (nSPS) is 20.0. The monoisotopic (exact) mass is 292 g/mol. The Bertz CT molecular complexity index is 408. The van der Waals surface area contributed by atoms with E-state index in [1.165, 1.54) is 11.2 Å². The maximum atomic E-state index is 12.1. The van der Waals surface area contributed by atoms with Crippen LogP contribution in [0.5, 0.6) is 0 Å². The van der Waals surface area contributed by atoms with E-state index in [4.69, 9.17) is 4.74 Å². The molecule has 0 aromatic heterocycles. The van der Waals surface area contributed by atoms with Gasteiger partial charge in [0.15, 0.2) is 0 Å². The number of carbonyl (C=O) groups is 1. The second kappa shape index (κ2) is 6.19. The van der Waals surface area contributed by atoms with E-state index < -0.39 is 27.8 Å². The summed E-state index contributed by atoms with van der Waals surface area (Å²) in [6.07, 6.45) is 2.77. The minimum absolute atomic E-state index is 0.510. The first-order chi connectivity index (χ1) is 8.62. The number of esters is 1. The van der Waals surface area contributed by atoms with Gasteiger partial charge in [-0.05, 0) is 40.5 Å². The van der Waals surface area contributed by atoms with E-state index >= 15 is 0 Å². The van der Waals surface area contributed by atoms with Crippen LogP contribution in [-0.4, -0.2) is 43.4 Å². The zero-order valence-electron chi connectivity index (χ0n) is 12.1. The van der Waals surface area contributed by atoms with Gasteiger partial charge in [0.2, 0.25) is 0 Å². The van der Waals surface area contributed by atoms with Gasteiger partial charge in [-0.2, -0.15) is 17.4 Å². The molecule has 1 fully saturated rings. The van der Waals surface area contributed by atoms with Crippen LogP contribution in [0, 0.1) is 0 Å². The molecule has 0 saturated carbocycles. The van der Waals surface area contributed by atoms with Crippen molar-refractivity contribution in [1.29, 1.82) is 0 Å². The Morgan fingerprint density at radius 1 is 1.21 bits per heavy atom. The fourth-order valence-corrected chi connectivity index (χ4v) is 3.27. The number of piperidine rings is 1. The summed E-state index contributed by atoms with van der Waals surface area (Å²) in [5.74, 6) is -0.562. The molecule has 1 rings (SSSR count). The highest BCUT2D eigenvalue weighted by molar-refractivity contribution is 7.87. The molecule has 1 aliphatic rings. The highest BCUT2D eigenvalue weighted by atomic mass is 32.2. The lowest BCUT2D eigenvalue weighted by Crippen LogP contribution is -2.49. The number of hydrogen-bond donors (Lipinski definition) is 1. The zero-order chi connectivity index (χ0) is 14.7. The smallest absolute Gasteiger partial charge is 0.324 e. The Balaban J connectivity index is 2.59. The number of carbonyl (C=O) groups excluding carboxylic acids is 1. The van der Waals surface area contributed by atoms with Gasteiger partial charge in [-0.15, -0.1) is 0 Å². The Kier molecular flexibility index (Phi) is 5.34. The minimum atomic E-state index is -3.60. The highest BCUT2D eigenvalue weighted by Gasteiger charge is 2.29. The van der Waals surface area contributed by atoms with Crippen molar-refractivity contribution in [3.63, 3.8) is 0 Å². The standard InChI is InChI=1S/C12H24N2O4S/c1-10(11(15)18-12(2,3)4)13-19(16,17)14-8-6-5-7-9-14/h10,13H,5-9H2,1-4H3/t10-/m0/s1. The summed E-state index contributed by atoms with van der Waals surface area (Å²) in [4.78, 5) is 11.8. The maximum absolute atomic E-state index is 12.1. The second-order valence-corrected chi connectivity index (χ2v) is 7.54. The van der Waals surface area contributed by atoms with Crippen molar-refractivity contribution in [2.45, 2.75) is 58.6 Å². The third-order valence-electron chi connectivity index (χ3n) is 2.74. The van der Waals surface area contributed by atoms with Gasteiger partial charge in [-0.25, -0.2) is 0 Å². The predicted molar refractivity (Wildman–Crippen MR) is 72.8 cm³/mol. The predicted octanol–water partition coefficient (Wildman–Crippen LogP) is 1.04. The van der Waals surface area contributed by atoms with Gasteiger partial charge in [0.1, 0.15) is 11.6 Å². The molecule has 7 heteroatoms. The number of hydrogen-bond acceptors (Lipinski definition) is 4. The van der Waals surface area contributed by atoms with Gasteiger partial charge in [0.25, 0.3) is 10.2 Å². The molecular weight excluding hydrogens is 268 g/mol. The summed E-state index contributed by atoms with van der Waals surface area (Å²) in [5.41, 5.74) is -0.623. The van der Waals surface area contributed by atoms with E-state index in [0.717, 1.165) is 19.3 Å². The molecule has 0 aromatic rings. The average molecular weight is 292 g/mol. The van der Waals surface area contributed by atoms with Crippen molar-refractivity contribution in [2.24, 2.45) is 0 Å². The molecule has 0 amide bonds. The lowest BCUT2D eigenvalue weighted by Gasteiger charge is -2.28. The average Bonchev–Trinajstić information content (AvgIpc) is 2.27. The van der Waals surface area contributed by atoms with Crippen LogP contribution in [0.1, 0.15) is 47.0 Å². The fourth-order valence-electron chi connectivity index (χ4n) is 1.84. The van der Waals surface area contributed by atoms with Gasteiger partial charge >= 0.3 is 5.97 Å². The largest absolute Gasteiger partial charge is 0.459 e. The Morgan fingerprint density at radius 2 is 1.74 bits per heavy atom. The molecule has 0 unspecified atom stereocenters. The summed E-state index contributed by atoms with van der Waals surface area (Å²) in [6, 6.07) is -0.883. The molecule has 6 nitrogen and oxygen atoms in total. The zero-order valence-corrected chi connectivity index (χ0v) is 12.9. The Morgan fingerprint density at radius 3 is 2.21 bits per heavy atom. The van der Waals surface area contributed by atoms with E-state index in [9.17, 15) is 13.2 Å². The molecular formula is C12H24N2O4S. The van der Waals surface area contributed by atoms with Gasteiger partial charge in [-0.3, -0.25) is 4.79 Å². The van der Waals surface area contributed by atoms with Crippen LogP contribution < -0.4 is 4.72 Å². The summed E-state index contributed by atoms with van der Waals surface area (Å²) in [7, 11) is -3.60. The van der Waals surface area contributed by atoms with Crippen LogP contribution in [0.25, 0.3) is 0 Å². The van der Waals surface area contributed by atoms with Gasteiger partial charge in [0.05, 0.1) is 0 Å². The van der Waals surface area contributed by atoms with E-state index in [1.807, 2.05) is 0 Å². The summed E-state index contributed by atoms with van der Waals surface area (Å²) in [5, 5.41) is 0. The number of rotatable bonds is 4. The Hall–Kier alpha value is -0.660. The molecule has 112 valence electrons. The first-order valence-corrected chi connectivity index (χ1v) is 8.06. The molecule has 0 aliphatic carbocycles. The topological polar surface area (TPSA) is 75.7 Å². The third kappa shape index (κ3) is 5.46. The third-order valence-corrected chi connectivity index (χ3v) is 4.44. The number of nitrogens with zero attached hydrogens (tertiary/aromatic N) is 1. The molecule has 19 heavy (non-hydrogen) atoms. The van der Waals surface area contributed by atoms with Crippen molar-refractivity contribution >= 4 is 16.2 Å². The second-order valence-electron chi connectivity index (χ2n) is 5.84. The summed E-state index contributed by atoms with van der Waals surface area (Å²) in [6.45, 7) is 7.76. The summed E-state index contributed by atoms with van der Waals surface area (Å²) < 4.78 is 33.1. The van der Waals surface area contributed by atoms with Crippen molar-refractivity contribution in [1.82, 2.24) is 9.03 Å². The molecule has 1 saturated heterocycles. The summed E-state index contributed by atoms with van der Waals surface area (Å²) >= 11 is 0. The molecule has 1 heterocycles. The first kappa shape index (κ1) is 16.4. The van der Waals surface area contributed by atoms with Crippen LogP contribution in [-0.2, 0) is 19.7 Å². The molecule has 1 atom stereocenters. The fraction of sp³-hybridized carbons (Fsp3) is 0.917. The molecule has 1 N–H and O–H groups in total. The van der Waals surface area contributed by atoms with Crippen LogP contribution in [0.4, 0.5) is 0 Å². The Labute approximate surface area is 115 Å². The molecule has 0 bridgehead atoms. The van der Waals surface area contributed by atoms with Crippen LogP contribution in [0.15, 0.2) is 0 Å². The van der Waals surface area contributed by atoms with Crippen molar-refractivity contribution < 1.29 is 17.9 Å². The molecule has 0 radical (unpaired) electrons. The number of nitrogens with one attached hydrogen (secondary N) is 1. The lowest BCUT2D eigenvalue weighted by atomic mass is 10.2. The number of ether oxygens (including phenoxy) is 1. The van der Waals surface area contributed by atoms with E-state index in [0.29, 0.717) is 13.1 Å².